The van der Waals surface area contributed by atoms with Crippen molar-refractivity contribution in [2.75, 3.05) is 27.8 Å². The number of hydrogen-bond acceptors (Lipinski definition) is 4. The van der Waals surface area contributed by atoms with Gasteiger partial charge in [0.05, 0.1) is 14.2 Å². The molecule has 2 unspecified atom stereocenters. The zero-order chi connectivity index (χ0) is 16.0. The number of ether oxygens (including phenoxy) is 2. The molecule has 0 saturated heterocycles. The van der Waals surface area contributed by atoms with Gasteiger partial charge >= 0.3 is 0 Å². The lowest BCUT2D eigenvalue weighted by molar-refractivity contribution is 0.238. The minimum absolute atomic E-state index is 0.248. The number of nitrogens with zero attached hydrogens (tertiary/aromatic N) is 1. The van der Waals surface area contributed by atoms with Gasteiger partial charge in [-0.3, -0.25) is 4.90 Å². The number of nitrogens with two attached hydrogens (primary N) is 1. The number of hydrogen-bond donors (Lipinski definition) is 1. The van der Waals surface area contributed by atoms with Crippen molar-refractivity contribution in [3.05, 3.63) is 23.8 Å². The normalized spacial score (nSPS) is 14.3. The summed E-state index contributed by atoms with van der Waals surface area (Å²) in [6.07, 6.45) is 0.997. The highest BCUT2D eigenvalue weighted by atomic mass is 16.5. The number of benzene rings is 1. The maximum atomic E-state index is 6.13. The van der Waals surface area contributed by atoms with Crippen molar-refractivity contribution in [2.45, 2.75) is 39.3 Å². The molecule has 120 valence electrons. The summed E-state index contributed by atoms with van der Waals surface area (Å²) in [6.45, 7) is 7.49. The largest absolute Gasteiger partial charge is 0.497 e. The van der Waals surface area contributed by atoms with Crippen molar-refractivity contribution in [2.24, 2.45) is 11.7 Å². The molecule has 21 heavy (non-hydrogen) atoms. The average molecular weight is 294 g/mol. The van der Waals surface area contributed by atoms with Crippen LogP contribution in [0, 0.1) is 5.92 Å². The molecule has 0 saturated carbocycles. The molecule has 0 aromatic heterocycles. The molecule has 0 amide bonds. The lowest BCUT2D eigenvalue weighted by Crippen LogP contribution is -2.33. The third-order valence-corrected chi connectivity index (χ3v) is 4.22. The molecule has 4 nitrogen and oxygen atoms in total. The van der Waals surface area contributed by atoms with Crippen LogP contribution in [0.4, 0.5) is 0 Å². The first-order chi connectivity index (χ1) is 9.90. The fraction of sp³-hybridized carbons (Fsp3) is 0.647. The minimum Gasteiger partial charge on any atom is -0.497 e. The quantitative estimate of drug-likeness (QED) is 0.800. The van der Waals surface area contributed by atoms with Crippen LogP contribution in [0.25, 0.3) is 0 Å². The van der Waals surface area contributed by atoms with Crippen LogP contribution in [0.1, 0.15) is 38.8 Å². The van der Waals surface area contributed by atoms with Gasteiger partial charge in [0.2, 0.25) is 0 Å². The summed E-state index contributed by atoms with van der Waals surface area (Å²) in [7, 11) is 5.48. The van der Waals surface area contributed by atoms with Crippen LogP contribution in [-0.2, 0) is 0 Å². The van der Waals surface area contributed by atoms with Gasteiger partial charge < -0.3 is 15.2 Å². The van der Waals surface area contributed by atoms with Crippen molar-refractivity contribution in [3.63, 3.8) is 0 Å². The topological polar surface area (TPSA) is 47.7 Å². The van der Waals surface area contributed by atoms with Gasteiger partial charge in [0, 0.05) is 23.7 Å². The fourth-order valence-corrected chi connectivity index (χ4v) is 2.28. The van der Waals surface area contributed by atoms with Crippen LogP contribution in [-0.4, -0.2) is 38.8 Å². The molecule has 0 aliphatic heterocycles. The first kappa shape index (κ1) is 17.8. The highest BCUT2D eigenvalue weighted by Crippen LogP contribution is 2.31. The number of rotatable bonds is 8. The van der Waals surface area contributed by atoms with Crippen LogP contribution in [0.5, 0.6) is 11.5 Å². The van der Waals surface area contributed by atoms with Gasteiger partial charge in [-0.05, 0) is 38.9 Å². The van der Waals surface area contributed by atoms with Crippen molar-refractivity contribution >= 4 is 0 Å². The van der Waals surface area contributed by atoms with Crippen LogP contribution in [0.15, 0.2) is 18.2 Å². The lowest BCUT2D eigenvalue weighted by atomic mass is 10.0. The smallest absolute Gasteiger partial charge is 0.127 e. The second-order valence-electron chi connectivity index (χ2n) is 5.96. The van der Waals surface area contributed by atoms with Gasteiger partial charge in [-0.1, -0.05) is 19.9 Å². The molecule has 0 spiro atoms. The standard InChI is InChI=1S/C17H30N2O2/c1-12(2)16(18)9-10-19(4)13(3)15-8-7-14(20-5)11-17(15)21-6/h7-8,11-13,16H,9-10,18H2,1-6H3. The SMILES string of the molecule is COc1ccc(C(C)N(C)CCC(N)C(C)C)c(OC)c1. The van der Waals surface area contributed by atoms with Gasteiger partial charge in [0.15, 0.2) is 0 Å². The molecular weight excluding hydrogens is 264 g/mol. The molecule has 0 fully saturated rings. The van der Waals surface area contributed by atoms with Crippen molar-refractivity contribution < 1.29 is 9.47 Å². The predicted octanol–water partition coefficient (Wildman–Crippen LogP) is 3.07. The van der Waals surface area contributed by atoms with Crippen LogP contribution in [0.2, 0.25) is 0 Å². The van der Waals surface area contributed by atoms with E-state index in [0.29, 0.717) is 5.92 Å². The van der Waals surface area contributed by atoms with E-state index in [0.717, 1.165) is 24.5 Å². The van der Waals surface area contributed by atoms with E-state index < -0.39 is 0 Å². The molecule has 4 heteroatoms. The first-order valence-electron chi connectivity index (χ1n) is 7.58. The summed E-state index contributed by atoms with van der Waals surface area (Å²) in [5.41, 5.74) is 7.30. The predicted molar refractivity (Wildman–Crippen MR) is 88.0 cm³/mol. The Kier molecular flexibility index (Phi) is 6.99. The maximum Gasteiger partial charge on any atom is 0.127 e. The van der Waals surface area contributed by atoms with Crippen molar-refractivity contribution in [3.8, 4) is 11.5 Å². The Morgan fingerprint density at radius 1 is 1.14 bits per heavy atom. The Bertz CT molecular complexity index is 435. The third-order valence-electron chi connectivity index (χ3n) is 4.22. The van der Waals surface area contributed by atoms with E-state index in [4.69, 9.17) is 15.2 Å². The molecule has 0 aliphatic rings. The Labute approximate surface area is 129 Å². The van der Waals surface area contributed by atoms with E-state index in [-0.39, 0.29) is 12.1 Å². The summed E-state index contributed by atoms with van der Waals surface area (Å²) in [6, 6.07) is 6.49. The molecular formula is C17H30N2O2. The molecule has 1 rings (SSSR count). The van der Waals surface area contributed by atoms with E-state index in [2.05, 4.69) is 38.8 Å². The van der Waals surface area contributed by atoms with Gasteiger partial charge in [0.1, 0.15) is 11.5 Å². The summed E-state index contributed by atoms with van der Waals surface area (Å²) in [5.74, 6) is 2.19. The molecule has 2 atom stereocenters. The highest BCUT2D eigenvalue weighted by molar-refractivity contribution is 5.42. The summed E-state index contributed by atoms with van der Waals surface area (Å²) in [5, 5.41) is 0. The van der Waals surface area contributed by atoms with E-state index in [9.17, 15) is 0 Å². The maximum absolute atomic E-state index is 6.13. The van der Waals surface area contributed by atoms with Crippen LogP contribution < -0.4 is 15.2 Å². The third kappa shape index (κ3) is 4.90. The Morgan fingerprint density at radius 3 is 2.33 bits per heavy atom. The van der Waals surface area contributed by atoms with E-state index in [1.165, 1.54) is 5.56 Å². The second-order valence-corrected chi connectivity index (χ2v) is 5.96. The monoisotopic (exact) mass is 294 g/mol. The number of methoxy groups -OCH3 is 2. The van der Waals surface area contributed by atoms with Crippen molar-refractivity contribution in [1.82, 2.24) is 4.90 Å². The van der Waals surface area contributed by atoms with E-state index >= 15 is 0 Å². The van der Waals surface area contributed by atoms with Gasteiger partial charge in [-0.25, -0.2) is 0 Å². The molecule has 0 heterocycles. The second kappa shape index (κ2) is 8.25. The van der Waals surface area contributed by atoms with Gasteiger partial charge in [0.25, 0.3) is 0 Å². The first-order valence-corrected chi connectivity index (χ1v) is 7.58. The Morgan fingerprint density at radius 2 is 1.81 bits per heavy atom. The summed E-state index contributed by atoms with van der Waals surface area (Å²) in [4.78, 5) is 2.31. The molecule has 2 N–H and O–H groups in total. The van der Waals surface area contributed by atoms with Crippen molar-refractivity contribution in [1.29, 1.82) is 0 Å². The van der Waals surface area contributed by atoms with Gasteiger partial charge in [-0.2, -0.15) is 0 Å². The average Bonchev–Trinajstić information content (AvgIpc) is 2.50. The van der Waals surface area contributed by atoms with Crippen LogP contribution >= 0.6 is 0 Å². The highest BCUT2D eigenvalue weighted by Gasteiger charge is 2.18. The lowest BCUT2D eigenvalue weighted by Gasteiger charge is -2.28. The summed E-state index contributed by atoms with van der Waals surface area (Å²) < 4.78 is 10.7. The fourth-order valence-electron chi connectivity index (χ4n) is 2.28. The Hall–Kier alpha value is -1.26. The van der Waals surface area contributed by atoms with Crippen LogP contribution in [0.3, 0.4) is 0 Å². The molecule has 0 aliphatic carbocycles. The molecule has 1 aromatic rings. The Balaban J connectivity index is 2.75. The zero-order valence-corrected chi connectivity index (χ0v) is 14.2. The minimum atomic E-state index is 0.248. The zero-order valence-electron chi connectivity index (χ0n) is 14.2. The van der Waals surface area contributed by atoms with Gasteiger partial charge in [-0.15, -0.1) is 0 Å². The molecule has 0 radical (unpaired) electrons. The van der Waals surface area contributed by atoms with E-state index in [1.54, 1.807) is 14.2 Å². The summed E-state index contributed by atoms with van der Waals surface area (Å²) >= 11 is 0. The molecule has 1 aromatic carbocycles. The van der Waals surface area contributed by atoms with E-state index in [1.807, 2.05) is 12.1 Å². The molecule has 0 bridgehead atoms.